The van der Waals surface area contributed by atoms with Crippen molar-refractivity contribution in [3.63, 3.8) is 0 Å². The molecule has 13 heteroatoms. The van der Waals surface area contributed by atoms with Crippen LogP contribution in [0.4, 0.5) is 27.8 Å². The molecule has 0 spiro atoms. The number of aromatic nitrogens is 1. The van der Waals surface area contributed by atoms with Crippen LogP contribution < -0.4 is 10.2 Å². The lowest BCUT2D eigenvalue weighted by Crippen LogP contribution is -2.38. The zero-order chi connectivity index (χ0) is 27.8. The number of anilines is 1. The normalized spacial score (nSPS) is 13.5. The smallest absolute Gasteiger partial charge is 0.419 e. The maximum Gasteiger partial charge on any atom is 0.419 e. The van der Waals surface area contributed by atoms with Crippen molar-refractivity contribution < 1.29 is 32.2 Å². The Morgan fingerprint density at radius 2 is 1.76 bits per heavy atom. The maximum absolute atomic E-state index is 14.2. The van der Waals surface area contributed by atoms with E-state index < -0.39 is 41.2 Å². The van der Waals surface area contributed by atoms with Crippen LogP contribution in [-0.2, 0) is 28.6 Å². The molecule has 37 heavy (non-hydrogen) atoms. The van der Waals surface area contributed by atoms with Gasteiger partial charge in [-0.3, -0.25) is 4.90 Å². The summed E-state index contributed by atoms with van der Waals surface area (Å²) in [6, 6.07) is 3.03. The van der Waals surface area contributed by atoms with Crippen LogP contribution in [0.3, 0.4) is 0 Å². The predicted molar refractivity (Wildman–Crippen MR) is 142 cm³/mol. The average Bonchev–Trinajstić information content (AvgIpc) is 3.38. The molecule has 1 atom stereocenters. The van der Waals surface area contributed by atoms with Gasteiger partial charge in [-0.05, 0) is 71.4 Å². The van der Waals surface area contributed by atoms with Crippen molar-refractivity contribution in [3.8, 4) is 0 Å². The van der Waals surface area contributed by atoms with E-state index in [0.717, 1.165) is 27.7 Å². The van der Waals surface area contributed by atoms with Gasteiger partial charge in [0.1, 0.15) is 21.7 Å². The molecular formula is C24H30F3N3O4S3. The number of nitrogens with zero attached hydrogens (tertiary/aromatic N) is 2. The minimum atomic E-state index is -4.67. The minimum absolute atomic E-state index is 0.0165. The molecule has 3 rings (SSSR count). The lowest BCUT2D eigenvalue weighted by atomic mass is 10.1. The number of nitrogens with one attached hydrogen (secondary N) is 1. The number of hydrogen-bond donors (Lipinski definition) is 1. The number of rotatable bonds is 6. The van der Waals surface area contributed by atoms with E-state index in [-0.39, 0.29) is 33.1 Å². The fourth-order valence-electron chi connectivity index (χ4n) is 3.37. The molecule has 3 aromatic heterocycles. The molecule has 0 aliphatic rings. The Labute approximate surface area is 225 Å². The highest BCUT2D eigenvalue weighted by Crippen LogP contribution is 2.47. The molecule has 3 aromatic rings. The van der Waals surface area contributed by atoms with E-state index in [9.17, 15) is 22.8 Å². The van der Waals surface area contributed by atoms with E-state index >= 15 is 0 Å². The fourth-order valence-corrected chi connectivity index (χ4v) is 6.47. The predicted octanol–water partition coefficient (Wildman–Crippen LogP) is 7.84. The molecule has 0 unspecified atom stereocenters. The van der Waals surface area contributed by atoms with E-state index in [1.54, 1.807) is 48.5 Å². The van der Waals surface area contributed by atoms with E-state index in [4.69, 9.17) is 9.47 Å². The average molecular weight is 578 g/mol. The fraction of sp³-hybridized carbons (Fsp3) is 0.542. The first-order chi connectivity index (χ1) is 16.9. The van der Waals surface area contributed by atoms with Crippen LogP contribution >= 0.6 is 34.2 Å². The van der Waals surface area contributed by atoms with Gasteiger partial charge < -0.3 is 14.8 Å². The van der Waals surface area contributed by atoms with Crippen LogP contribution in [0.1, 0.15) is 63.8 Å². The summed E-state index contributed by atoms with van der Waals surface area (Å²) in [5.41, 5.74) is -2.60. The van der Waals surface area contributed by atoms with Gasteiger partial charge in [0.25, 0.3) is 0 Å². The van der Waals surface area contributed by atoms with Gasteiger partial charge >= 0.3 is 18.4 Å². The first-order valence-electron chi connectivity index (χ1n) is 11.5. The molecule has 0 aromatic carbocycles. The molecule has 0 bridgehead atoms. The number of carbonyl (C=O) groups excluding carboxylic acids is 2. The molecule has 3 heterocycles. The maximum atomic E-state index is 14.2. The molecule has 0 saturated heterocycles. The van der Waals surface area contributed by atoms with Crippen LogP contribution in [0.5, 0.6) is 0 Å². The first kappa shape index (κ1) is 29.2. The second kappa shape index (κ2) is 10.8. The Morgan fingerprint density at radius 1 is 1.11 bits per heavy atom. The van der Waals surface area contributed by atoms with Crippen LogP contribution in [-0.4, -0.2) is 33.8 Å². The van der Waals surface area contributed by atoms with E-state index in [1.165, 1.54) is 16.2 Å². The Balaban J connectivity index is 2.00. The van der Waals surface area contributed by atoms with Gasteiger partial charge in [-0.15, -0.1) is 22.7 Å². The third kappa shape index (κ3) is 7.81. The zero-order valence-electron chi connectivity index (χ0n) is 21.6. The Bertz CT molecular complexity index is 1240. The van der Waals surface area contributed by atoms with Crippen molar-refractivity contribution in [1.82, 2.24) is 9.69 Å². The molecule has 1 N–H and O–H groups in total. The second-order valence-corrected chi connectivity index (χ2v) is 13.3. The molecule has 0 fully saturated rings. The Morgan fingerprint density at radius 3 is 2.30 bits per heavy atom. The van der Waals surface area contributed by atoms with Crippen molar-refractivity contribution in [3.05, 3.63) is 32.8 Å². The minimum Gasteiger partial charge on any atom is -0.444 e. The zero-order valence-corrected chi connectivity index (χ0v) is 24.1. The summed E-state index contributed by atoms with van der Waals surface area (Å²) in [6.07, 6.45) is -6.14. The Kier molecular flexibility index (Phi) is 8.50. The van der Waals surface area contributed by atoms with Crippen LogP contribution in [0.25, 0.3) is 10.2 Å². The van der Waals surface area contributed by atoms with Gasteiger partial charge in [0, 0.05) is 22.2 Å². The van der Waals surface area contributed by atoms with Gasteiger partial charge in [0.15, 0.2) is 0 Å². The Hall–Kier alpha value is -2.38. The highest BCUT2D eigenvalue weighted by atomic mass is 32.1. The summed E-state index contributed by atoms with van der Waals surface area (Å²) in [5.74, 6) is 0. The van der Waals surface area contributed by atoms with E-state index in [1.807, 2.05) is 17.5 Å². The third-order valence-electron chi connectivity index (χ3n) is 4.66. The number of thiophene rings is 2. The SMILES string of the molecule is C[C@@H](Cc1sc2c(N(Cc3cccs3)C(=O)OC(C)(C)C)snc2c1C(F)(F)F)NC(=O)OC(C)(C)C. The lowest BCUT2D eigenvalue weighted by molar-refractivity contribution is -0.136. The molecule has 0 aliphatic heterocycles. The highest BCUT2D eigenvalue weighted by molar-refractivity contribution is 7.25. The van der Waals surface area contributed by atoms with Crippen molar-refractivity contribution in [2.24, 2.45) is 0 Å². The topological polar surface area (TPSA) is 80.8 Å². The summed E-state index contributed by atoms with van der Waals surface area (Å²) in [7, 11) is 0. The van der Waals surface area contributed by atoms with Crippen molar-refractivity contribution in [2.75, 3.05) is 4.90 Å². The van der Waals surface area contributed by atoms with Gasteiger partial charge in [-0.2, -0.15) is 17.5 Å². The number of ether oxygens (including phenoxy) is 2. The number of alkyl carbamates (subject to hydrolysis) is 1. The molecule has 0 aliphatic carbocycles. The lowest BCUT2D eigenvalue weighted by Gasteiger charge is -2.26. The summed E-state index contributed by atoms with van der Waals surface area (Å²) >= 11 is 3.17. The summed E-state index contributed by atoms with van der Waals surface area (Å²) in [4.78, 5) is 27.5. The molecule has 0 radical (unpaired) electrons. The highest BCUT2D eigenvalue weighted by Gasteiger charge is 2.40. The number of carbonyl (C=O) groups is 2. The number of amides is 2. The number of halogens is 3. The number of hydrogen-bond acceptors (Lipinski definition) is 8. The molecule has 2 amide bonds. The van der Waals surface area contributed by atoms with Gasteiger partial charge in [-0.1, -0.05) is 6.07 Å². The summed E-state index contributed by atoms with van der Waals surface area (Å²) < 4.78 is 57.8. The van der Waals surface area contributed by atoms with Crippen molar-refractivity contribution >= 4 is 61.6 Å². The van der Waals surface area contributed by atoms with Crippen LogP contribution in [0.15, 0.2) is 17.5 Å². The van der Waals surface area contributed by atoms with Gasteiger partial charge in [-0.25, -0.2) is 9.59 Å². The third-order valence-corrected chi connectivity index (χ3v) is 7.73. The van der Waals surface area contributed by atoms with Crippen LogP contribution in [0, 0.1) is 0 Å². The van der Waals surface area contributed by atoms with E-state index in [2.05, 4.69) is 9.69 Å². The van der Waals surface area contributed by atoms with Crippen molar-refractivity contribution in [2.45, 2.75) is 84.9 Å². The second-order valence-electron chi connectivity index (χ2n) is 10.5. The molecular weight excluding hydrogens is 547 g/mol. The van der Waals surface area contributed by atoms with Gasteiger partial charge in [0.2, 0.25) is 0 Å². The van der Waals surface area contributed by atoms with Crippen molar-refractivity contribution in [1.29, 1.82) is 0 Å². The monoisotopic (exact) mass is 577 g/mol. The summed E-state index contributed by atoms with van der Waals surface area (Å²) in [5, 5.41) is 4.73. The standard InChI is InChI=1S/C24H30F3N3O4S3/c1-13(28-20(31)33-22(2,3)4)11-15-16(24(25,26)27)17-18(36-15)19(37-29-17)30(12-14-9-8-10-35-14)21(32)34-23(5,6)7/h8-10,13H,11-12H2,1-7H3,(H,28,31)/t13-/m0/s1. The first-order valence-corrected chi connectivity index (χ1v) is 13.9. The quantitative estimate of drug-likeness (QED) is 0.323. The number of fused-ring (bicyclic) bond motifs is 1. The molecule has 0 saturated carbocycles. The van der Waals surface area contributed by atoms with Gasteiger partial charge in [0.05, 0.1) is 16.8 Å². The summed E-state index contributed by atoms with van der Waals surface area (Å²) in [6.45, 7) is 12.0. The largest absolute Gasteiger partial charge is 0.444 e. The molecule has 7 nitrogen and oxygen atoms in total. The molecule has 204 valence electrons. The van der Waals surface area contributed by atoms with E-state index in [0.29, 0.717) is 0 Å². The van der Waals surface area contributed by atoms with Crippen LogP contribution in [0.2, 0.25) is 0 Å². The number of alkyl halides is 3.